The lowest BCUT2D eigenvalue weighted by molar-refractivity contribution is -0.118. The number of nitrogens with zero attached hydrogens (tertiary/aromatic N) is 2. The minimum Gasteiger partial charge on any atom is -0.379 e. The van der Waals surface area contributed by atoms with E-state index < -0.39 is 0 Å². The smallest absolute Gasteiger partial charge is 0.254 e. The lowest BCUT2D eigenvalue weighted by atomic mass is 9.65. The predicted molar refractivity (Wildman–Crippen MR) is 113 cm³/mol. The lowest BCUT2D eigenvalue weighted by Crippen LogP contribution is -2.41. The summed E-state index contributed by atoms with van der Waals surface area (Å²) in [5.41, 5.74) is 1.95. The third kappa shape index (κ3) is 4.64. The van der Waals surface area contributed by atoms with E-state index in [1.165, 1.54) is 6.42 Å². The third-order valence-electron chi connectivity index (χ3n) is 6.56. The molecule has 2 unspecified atom stereocenters. The summed E-state index contributed by atoms with van der Waals surface area (Å²) in [4.78, 5) is 29.6. The van der Waals surface area contributed by atoms with Crippen LogP contribution in [0.25, 0.3) is 0 Å². The maximum Gasteiger partial charge on any atom is 0.254 e. The molecule has 1 aromatic carbocycles. The van der Waals surface area contributed by atoms with E-state index >= 15 is 0 Å². The van der Waals surface area contributed by atoms with E-state index in [4.69, 9.17) is 4.74 Å². The zero-order chi connectivity index (χ0) is 20.6. The van der Waals surface area contributed by atoms with Crippen LogP contribution >= 0.6 is 0 Å². The van der Waals surface area contributed by atoms with Crippen LogP contribution in [0.15, 0.2) is 24.3 Å². The average Bonchev–Trinajstić information content (AvgIpc) is 2.91. The van der Waals surface area contributed by atoms with Crippen molar-refractivity contribution in [3.63, 3.8) is 0 Å². The maximum atomic E-state index is 13.2. The lowest BCUT2D eigenvalue weighted by Gasteiger charge is -2.39. The van der Waals surface area contributed by atoms with Gasteiger partial charge in [-0.25, -0.2) is 0 Å². The number of hydrogen-bond donors (Lipinski definition) is 1. The Labute approximate surface area is 173 Å². The van der Waals surface area contributed by atoms with Crippen molar-refractivity contribution in [1.29, 1.82) is 0 Å². The molecular weight excluding hydrogens is 366 g/mol. The number of likely N-dealkylation sites (tertiary alicyclic amines) is 1. The number of anilines is 1. The molecule has 0 aromatic heterocycles. The molecule has 2 aliphatic heterocycles. The van der Waals surface area contributed by atoms with Gasteiger partial charge in [0.15, 0.2) is 0 Å². The van der Waals surface area contributed by atoms with Crippen LogP contribution in [0.4, 0.5) is 5.69 Å². The number of fused-ring (bicyclic) bond motifs is 2. The molecule has 1 N–H and O–H groups in total. The molecule has 1 aliphatic carbocycles. The van der Waals surface area contributed by atoms with Gasteiger partial charge in [-0.3, -0.25) is 14.5 Å². The van der Waals surface area contributed by atoms with E-state index in [2.05, 4.69) is 35.9 Å². The Bertz CT molecular complexity index is 770. The molecule has 29 heavy (non-hydrogen) atoms. The van der Waals surface area contributed by atoms with Gasteiger partial charge in [0.05, 0.1) is 19.8 Å². The van der Waals surface area contributed by atoms with Crippen LogP contribution in [-0.4, -0.2) is 67.0 Å². The van der Waals surface area contributed by atoms with Crippen molar-refractivity contribution in [2.75, 3.05) is 44.7 Å². The summed E-state index contributed by atoms with van der Waals surface area (Å²) in [6, 6.07) is 7.67. The second-order valence-corrected chi connectivity index (χ2v) is 10.2. The molecule has 0 radical (unpaired) electrons. The number of carbonyl (C=O) groups is 2. The first-order valence-electron chi connectivity index (χ1n) is 10.7. The Kier molecular flexibility index (Phi) is 5.42. The van der Waals surface area contributed by atoms with Gasteiger partial charge in [-0.15, -0.1) is 0 Å². The van der Waals surface area contributed by atoms with Crippen LogP contribution in [0.3, 0.4) is 0 Å². The number of hydrogen-bond acceptors (Lipinski definition) is 4. The molecule has 3 fully saturated rings. The van der Waals surface area contributed by atoms with Crippen molar-refractivity contribution in [3.05, 3.63) is 29.8 Å². The maximum absolute atomic E-state index is 13.2. The van der Waals surface area contributed by atoms with Crippen LogP contribution in [0.5, 0.6) is 0 Å². The highest BCUT2D eigenvalue weighted by atomic mass is 16.5. The summed E-state index contributed by atoms with van der Waals surface area (Å²) in [6.45, 7) is 11.1. The zero-order valence-electron chi connectivity index (χ0n) is 17.9. The molecule has 1 aromatic rings. The Hall–Kier alpha value is -1.92. The SMILES string of the molecule is CC1(C)CC2CC(C)(CN2C(=O)c2ccc(NC(=O)CN3CCOCC3)cc2)C1. The summed E-state index contributed by atoms with van der Waals surface area (Å²) in [5, 5.41) is 2.93. The van der Waals surface area contributed by atoms with Gasteiger partial charge in [-0.05, 0) is 54.4 Å². The molecule has 2 saturated heterocycles. The van der Waals surface area contributed by atoms with Crippen molar-refractivity contribution >= 4 is 17.5 Å². The van der Waals surface area contributed by atoms with Gasteiger partial charge < -0.3 is 15.0 Å². The van der Waals surface area contributed by atoms with Gasteiger partial charge >= 0.3 is 0 Å². The Morgan fingerprint density at radius 3 is 2.48 bits per heavy atom. The fraction of sp³-hybridized carbons (Fsp3) is 0.652. The molecule has 2 bridgehead atoms. The standard InChI is InChI=1S/C23H33N3O3/c1-22(2)12-19-13-23(3,15-22)16-26(19)21(28)17-4-6-18(7-5-17)24-20(27)14-25-8-10-29-11-9-25/h4-7,19H,8-16H2,1-3H3,(H,24,27). The minimum atomic E-state index is -0.0329. The molecule has 158 valence electrons. The molecule has 1 saturated carbocycles. The fourth-order valence-corrected chi connectivity index (χ4v) is 5.72. The van der Waals surface area contributed by atoms with Crippen LogP contribution in [0, 0.1) is 10.8 Å². The minimum absolute atomic E-state index is 0.0329. The summed E-state index contributed by atoms with van der Waals surface area (Å²) >= 11 is 0. The molecule has 2 atom stereocenters. The quantitative estimate of drug-likeness (QED) is 0.846. The highest BCUT2D eigenvalue weighted by Gasteiger charge is 2.50. The average molecular weight is 400 g/mol. The van der Waals surface area contributed by atoms with E-state index in [0.29, 0.717) is 36.8 Å². The first-order valence-corrected chi connectivity index (χ1v) is 10.7. The number of nitrogens with one attached hydrogen (secondary N) is 1. The number of morpholine rings is 1. The van der Waals surface area contributed by atoms with Crippen LogP contribution in [0.2, 0.25) is 0 Å². The van der Waals surface area contributed by atoms with Gasteiger partial charge in [-0.1, -0.05) is 20.8 Å². The third-order valence-corrected chi connectivity index (χ3v) is 6.56. The van der Waals surface area contributed by atoms with Crippen molar-refractivity contribution in [3.8, 4) is 0 Å². The first kappa shape index (κ1) is 20.4. The highest BCUT2D eigenvalue weighted by Crippen LogP contribution is 2.52. The van der Waals surface area contributed by atoms with Crippen LogP contribution < -0.4 is 5.32 Å². The molecule has 6 nitrogen and oxygen atoms in total. The van der Waals surface area contributed by atoms with E-state index in [-0.39, 0.29) is 17.2 Å². The van der Waals surface area contributed by atoms with Crippen LogP contribution in [-0.2, 0) is 9.53 Å². The van der Waals surface area contributed by atoms with Gasteiger partial charge in [0, 0.05) is 36.9 Å². The molecular formula is C23H33N3O3. The first-order chi connectivity index (χ1) is 13.7. The van der Waals surface area contributed by atoms with E-state index in [9.17, 15) is 9.59 Å². The monoisotopic (exact) mass is 399 g/mol. The number of carbonyl (C=O) groups excluding carboxylic acids is 2. The molecule has 6 heteroatoms. The molecule has 4 rings (SSSR count). The second-order valence-electron chi connectivity index (χ2n) is 10.2. The van der Waals surface area contributed by atoms with Crippen LogP contribution in [0.1, 0.15) is 50.4 Å². The molecule has 0 spiro atoms. The van der Waals surface area contributed by atoms with Crippen molar-refractivity contribution in [2.45, 2.75) is 46.1 Å². The topological polar surface area (TPSA) is 61.9 Å². The summed E-state index contributed by atoms with van der Waals surface area (Å²) in [7, 11) is 0. The van der Waals surface area contributed by atoms with Crippen molar-refractivity contribution in [1.82, 2.24) is 9.80 Å². The van der Waals surface area contributed by atoms with E-state index in [1.54, 1.807) is 0 Å². The number of amides is 2. The summed E-state index contributed by atoms with van der Waals surface area (Å²) in [5.74, 6) is 0.0806. The Balaban J connectivity index is 1.36. The van der Waals surface area contributed by atoms with E-state index in [1.807, 2.05) is 24.3 Å². The molecule has 3 aliphatic rings. The van der Waals surface area contributed by atoms with Crippen molar-refractivity contribution in [2.24, 2.45) is 10.8 Å². The number of benzene rings is 1. The number of ether oxygens (including phenoxy) is 1. The van der Waals surface area contributed by atoms with Gasteiger partial charge in [0.1, 0.15) is 0 Å². The molecule has 2 amide bonds. The van der Waals surface area contributed by atoms with Crippen molar-refractivity contribution < 1.29 is 14.3 Å². The molecule has 2 heterocycles. The predicted octanol–water partition coefficient (Wildman–Crippen LogP) is 3.00. The fourth-order valence-electron chi connectivity index (χ4n) is 5.72. The van der Waals surface area contributed by atoms with Gasteiger partial charge in [0.25, 0.3) is 5.91 Å². The second kappa shape index (κ2) is 7.73. The zero-order valence-corrected chi connectivity index (χ0v) is 17.9. The van der Waals surface area contributed by atoms with Gasteiger partial charge in [0.2, 0.25) is 5.91 Å². The highest BCUT2D eigenvalue weighted by molar-refractivity contribution is 5.96. The van der Waals surface area contributed by atoms with E-state index in [0.717, 1.165) is 38.2 Å². The summed E-state index contributed by atoms with van der Waals surface area (Å²) in [6.07, 6.45) is 3.36. The largest absolute Gasteiger partial charge is 0.379 e. The van der Waals surface area contributed by atoms with Gasteiger partial charge in [-0.2, -0.15) is 0 Å². The summed E-state index contributed by atoms with van der Waals surface area (Å²) < 4.78 is 5.31. The Morgan fingerprint density at radius 1 is 1.10 bits per heavy atom. The number of rotatable bonds is 4. The Morgan fingerprint density at radius 2 is 1.79 bits per heavy atom. The normalized spacial score (nSPS) is 28.9.